The molecule has 25 heavy (non-hydrogen) atoms. The number of carbonyl (C=O) groups excluding carboxylic acids is 1. The molecule has 0 radical (unpaired) electrons. The van der Waals surface area contributed by atoms with Crippen molar-refractivity contribution in [2.75, 3.05) is 0 Å². The lowest BCUT2D eigenvalue weighted by Crippen LogP contribution is -2.23. The Balaban J connectivity index is 1.75. The van der Waals surface area contributed by atoms with E-state index in [2.05, 4.69) is 47.3 Å². The van der Waals surface area contributed by atoms with Gasteiger partial charge in [-0.1, -0.05) is 17.8 Å². The van der Waals surface area contributed by atoms with Crippen LogP contribution in [-0.4, -0.2) is 15.9 Å². The van der Waals surface area contributed by atoms with Crippen LogP contribution < -0.4 is 5.32 Å². The van der Waals surface area contributed by atoms with Crippen LogP contribution in [0.5, 0.6) is 0 Å². The monoisotopic (exact) mass is 349 g/mol. The number of aryl methyl sites for hydroxylation is 2. The number of hydrogen-bond donors (Lipinski definition) is 1. The third-order valence-electron chi connectivity index (χ3n) is 3.91. The molecule has 2 aromatic heterocycles. The molecule has 0 bridgehead atoms. The molecule has 4 nitrogen and oxygen atoms in total. The third kappa shape index (κ3) is 4.45. The Morgan fingerprint density at radius 3 is 2.60 bits per heavy atom. The van der Waals surface area contributed by atoms with Crippen molar-refractivity contribution in [1.29, 1.82) is 0 Å². The molecule has 0 aliphatic carbocycles. The molecule has 0 aliphatic rings. The van der Waals surface area contributed by atoms with Gasteiger partial charge in [-0.25, -0.2) is 4.98 Å². The summed E-state index contributed by atoms with van der Waals surface area (Å²) in [7, 11) is 0. The average Bonchev–Trinajstić information content (AvgIpc) is 2.64. The third-order valence-corrected chi connectivity index (χ3v) is 4.92. The maximum absolute atomic E-state index is 12.6. The summed E-state index contributed by atoms with van der Waals surface area (Å²) in [6, 6.07) is 13.6. The number of hydrogen-bond acceptors (Lipinski definition) is 4. The fraction of sp³-hybridized carbons (Fsp3) is 0.150. The highest BCUT2D eigenvalue weighted by Gasteiger charge is 2.13. The van der Waals surface area contributed by atoms with E-state index in [1.807, 2.05) is 12.1 Å². The molecule has 0 saturated carbocycles. The van der Waals surface area contributed by atoms with E-state index in [0.29, 0.717) is 17.1 Å². The van der Waals surface area contributed by atoms with E-state index >= 15 is 0 Å². The molecule has 1 aromatic carbocycles. The molecule has 0 saturated heterocycles. The van der Waals surface area contributed by atoms with E-state index in [4.69, 9.17) is 0 Å². The molecule has 1 N–H and O–H groups in total. The standard InChI is InChI=1S/C20H19N3OS/c1-14-5-6-17(12-15(14)2)25-20-18(4-3-9-22-20)19(24)23-13-16-7-10-21-11-8-16/h3-12H,13H2,1-2H3,(H,23,24). The molecule has 0 fully saturated rings. The Morgan fingerprint density at radius 2 is 1.84 bits per heavy atom. The lowest BCUT2D eigenvalue weighted by atomic mass is 10.1. The molecular formula is C20H19N3OS. The van der Waals surface area contributed by atoms with Crippen LogP contribution in [0.1, 0.15) is 27.0 Å². The van der Waals surface area contributed by atoms with E-state index in [9.17, 15) is 4.79 Å². The smallest absolute Gasteiger partial charge is 0.254 e. The van der Waals surface area contributed by atoms with Gasteiger partial charge >= 0.3 is 0 Å². The van der Waals surface area contributed by atoms with Crippen molar-refractivity contribution >= 4 is 17.7 Å². The molecule has 0 atom stereocenters. The normalized spacial score (nSPS) is 10.5. The minimum Gasteiger partial charge on any atom is -0.348 e. The van der Waals surface area contributed by atoms with Crippen LogP contribution >= 0.6 is 11.8 Å². The second kappa shape index (κ2) is 7.94. The second-order valence-corrected chi connectivity index (χ2v) is 6.80. The summed E-state index contributed by atoms with van der Waals surface area (Å²) < 4.78 is 0. The molecule has 3 aromatic rings. The molecular weight excluding hydrogens is 330 g/mol. The summed E-state index contributed by atoms with van der Waals surface area (Å²) >= 11 is 1.51. The van der Waals surface area contributed by atoms with Crippen LogP contribution in [0.25, 0.3) is 0 Å². The number of benzene rings is 1. The minimum absolute atomic E-state index is 0.128. The van der Waals surface area contributed by atoms with Gasteiger partial charge in [-0.2, -0.15) is 0 Å². The lowest BCUT2D eigenvalue weighted by Gasteiger charge is -2.10. The van der Waals surface area contributed by atoms with Crippen molar-refractivity contribution in [2.45, 2.75) is 30.3 Å². The van der Waals surface area contributed by atoms with Crippen LogP contribution in [-0.2, 0) is 6.54 Å². The first-order valence-corrected chi connectivity index (χ1v) is 8.82. The van der Waals surface area contributed by atoms with Gasteiger partial charge < -0.3 is 5.32 Å². The Bertz CT molecular complexity index is 881. The van der Waals surface area contributed by atoms with E-state index in [1.165, 1.54) is 22.9 Å². The van der Waals surface area contributed by atoms with Gasteiger partial charge in [0, 0.05) is 30.0 Å². The first kappa shape index (κ1) is 17.2. The number of aromatic nitrogens is 2. The lowest BCUT2D eigenvalue weighted by molar-refractivity contribution is 0.0947. The highest BCUT2D eigenvalue weighted by Crippen LogP contribution is 2.29. The predicted molar refractivity (Wildman–Crippen MR) is 99.7 cm³/mol. The Labute approximate surface area is 151 Å². The molecule has 0 unspecified atom stereocenters. The SMILES string of the molecule is Cc1ccc(Sc2ncccc2C(=O)NCc2ccncc2)cc1C. The van der Waals surface area contributed by atoms with Crippen molar-refractivity contribution in [3.63, 3.8) is 0 Å². The van der Waals surface area contributed by atoms with E-state index in [0.717, 1.165) is 10.5 Å². The zero-order valence-electron chi connectivity index (χ0n) is 14.2. The van der Waals surface area contributed by atoms with E-state index in [1.54, 1.807) is 30.7 Å². The molecule has 0 aliphatic heterocycles. The van der Waals surface area contributed by atoms with Gasteiger partial charge in [-0.15, -0.1) is 0 Å². The van der Waals surface area contributed by atoms with E-state index < -0.39 is 0 Å². The van der Waals surface area contributed by atoms with Crippen molar-refractivity contribution < 1.29 is 4.79 Å². The molecule has 0 spiro atoms. The van der Waals surface area contributed by atoms with Crippen LogP contribution in [0, 0.1) is 13.8 Å². The van der Waals surface area contributed by atoms with Crippen LogP contribution in [0.4, 0.5) is 0 Å². The van der Waals surface area contributed by atoms with Gasteiger partial charge in [0.15, 0.2) is 0 Å². The van der Waals surface area contributed by atoms with Gasteiger partial charge in [0.2, 0.25) is 0 Å². The van der Waals surface area contributed by atoms with Crippen LogP contribution in [0.2, 0.25) is 0 Å². The molecule has 1 amide bonds. The van der Waals surface area contributed by atoms with Crippen LogP contribution in [0.15, 0.2) is 71.0 Å². The quantitative estimate of drug-likeness (QED) is 0.751. The summed E-state index contributed by atoms with van der Waals surface area (Å²) in [5.74, 6) is -0.128. The fourth-order valence-electron chi connectivity index (χ4n) is 2.31. The maximum Gasteiger partial charge on any atom is 0.254 e. The van der Waals surface area contributed by atoms with Crippen molar-refractivity contribution in [1.82, 2.24) is 15.3 Å². The Morgan fingerprint density at radius 1 is 1.04 bits per heavy atom. The van der Waals surface area contributed by atoms with E-state index in [-0.39, 0.29) is 5.91 Å². The molecule has 126 valence electrons. The van der Waals surface area contributed by atoms with Crippen molar-refractivity contribution in [3.8, 4) is 0 Å². The fourth-order valence-corrected chi connectivity index (χ4v) is 3.29. The minimum atomic E-state index is -0.128. The number of nitrogens with one attached hydrogen (secondary N) is 1. The molecule has 3 rings (SSSR count). The average molecular weight is 349 g/mol. The Kier molecular flexibility index (Phi) is 5.46. The molecule has 2 heterocycles. The second-order valence-electron chi connectivity index (χ2n) is 5.74. The summed E-state index contributed by atoms with van der Waals surface area (Å²) in [5, 5.41) is 3.65. The summed E-state index contributed by atoms with van der Waals surface area (Å²) in [6.07, 6.45) is 5.14. The highest BCUT2D eigenvalue weighted by molar-refractivity contribution is 7.99. The number of carbonyl (C=O) groups is 1. The first-order chi connectivity index (χ1) is 12.1. The van der Waals surface area contributed by atoms with Gasteiger partial charge in [-0.3, -0.25) is 9.78 Å². The molecule has 5 heteroatoms. The number of nitrogens with zero attached hydrogens (tertiary/aromatic N) is 2. The van der Waals surface area contributed by atoms with Gasteiger partial charge in [0.05, 0.1) is 5.56 Å². The summed E-state index contributed by atoms with van der Waals surface area (Å²) in [6.45, 7) is 4.63. The number of rotatable bonds is 5. The van der Waals surface area contributed by atoms with Gasteiger partial charge in [0.25, 0.3) is 5.91 Å². The topological polar surface area (TPSA) is 54.9 Å². The number of pyridine rings is 2. The largest absolute Gasteiger partial charge is 0.348 e. The first-order valence-electron chi connectivity index (χ1n) is 8.01. The zero-order chi connectivity index (χ0) is 17.6. The van der Waals surface area contributed by atoms with Gasteiger partial charge in [-0.05, 0) is 66.9 Å². The number of amides is 1. The predicted octanol–water partition coefficient (Wildman–Crippen LogP) is 4.17. The van der Waals surface area contributed by atoms with Crippen molar-refractivity contribution in [3.05, 3.63) is 83.3 Å². The highest BCUT2D eigenvalue weighted by atomic mass is 32.2. The van der Waals surface area contributed by atoms with Gasteiger partial charge in [0.1, 0.15) is 5.03 Å². The zero-order valence-corrected chi connectivity index (χ0v) is 15.0. The van der Waals surface area contributed by atoms with Crippen molar-refractivity contribution in [2.24, 2.45) is 0 Å². The summed E-state index contributed by atoms with van der Waals surface area (Å²) in [4.78, 5) is 22.0. The Hall–Kier alpha value is -2.66. The summed E-state index contributed by atoms with van der Waals surface area (Å²) in [5.41, 5.74) is 4.07. The maximum atomic E-state index is 12.6. The van der Waals surface area contributed by atoms with Crippen LogP contribution in [0.3, 0.4) is 0 Å².